The summed E-state index contributed by atoms with van der Waals surface area (Å²) in [6, 6.07) is 6.18. The zero-order valence-electron chi connectivity index (χ0n) is 12.8. The Hall–Kier alpha value is -1.84. The summed E-state index contributed by atoms with van der Waals surface area (Å²) in [5.41, 5.74) is -0.570. The van der Waals surface area contributed by atoms with Gasteiger partial charge in [-0.15, -0.1) is 0 Å². The lowest BCUT2D eigenvalue weighted by molar-refractivity contribution is -0.0970. The van der Waals surface area contributed by atoms with Gasteiger partial charge in [0.2, 0.25) is 0 Å². The summed E-state index contributed by atoms with van der Waals surface area (Å²) in [4.78, 5) is 23.7. The van der Waals surface area contributed by atoms with E-state index in [0.29, 0.717) is 0 Å². The second-order valence-corrected chi connectivity index (χ2v) is 6.56. The highest BCUT2D eigenvalue weighted by molar-refractivity contribution is 6.02. The van der Waals surface area contributed by atoms with E-state index in [4.69, 9.17) is 4.74 Å². The second-order valence-electron chi connectivity index (χ2n) is 6.56. The minimum atomic E-state index is -1.12. The van der Waals surface area contributed by atoms with Gasteiger partial charge >= 0.3 is 11.9 Å². The Morgan fingerprint density at radius 1 is 1.05 bits per heavy atom. The van der Waals surface area contributed by atoms with Crippen LogP contribution < -0.4 is 0 Å². The van der Waals surface area contributed by atoms with Crippen molar-refractivity contribution in [2.45, 2.75) is 52.1 Å². The first-order valence-corrected chi connectivity index (χ1v) is 7.32. The standard InChI is InChI=1S/C17H22O4/c1-16(2)10-6-7-11-17(16,3)21-15(20)13-9-5-4-8-12(13)14(18)19/h4-5,8-9H,6-7,10-11H2,1-3H3,(H,18,19). The number of hydrogen-bond donors (Lipinski definition) is 1. The molecule has 2 rings (SSSR count). The summed E-state index contributed by atoms with van der Waals surface area (Å²) >= 11 is 0. The van der Waals surface area contributed by atoms with Crippen LogP contribution in [0.5, 0.6) is 0 Å². The molecule has 0 aliphatic heterocycles. The Morgan fingerprint density at radius 2 is 1.62 bits per heavy atom. The normalized spacial score (nSPS) is 24.3. The highest BCUT2D eigenvalue weighted by Gasteiger charge is 2.46. The van der Waals surface area contributed by atoms with Gasteiger partial charge in [0.25, 0.3) is 0 Å². The summed E-state index contributed by atoms with van der Waals surface area (Å²) in [5.74, 6) is -1.67. The molecule has 1 aliphatic rings. The maximum absolute atomic E-state index is 12.4. The second kappa shape index (κ2) is 5.51. The molecule has 1 fully saturated rings. The number of ether oxygens (including phenoxy) is 1. The van der Waals surface area contributed by atoms with E-state index in [0.717, 1.165) is 25.7 Å². The zero-order valence-corrected chi connectivity index (χ0v) is 12.8. The van der Waals surface area contributed by atoms with Gasteiger partial charge in [0.15, 0.2) is 0 Å². The first kappa shape index (κ1) is 15.5. The number of carboxylic acid groups (broad SMARTS) is 1. The number of hydrogen-bond acceptors (Lipinski definition) is 3. The van der Waals surface area contributed by atoms with Crippen molar-refractivity contribution < 1.29 is 19.4 Å². The number of carbonyl (C=O) groups excluding carboxylic acids is 1. The first-order valence-electron chi connectivity index (χ1n) is 7.32. The Kier molecular flexibility index (Phi) is 4.08. The third kappa shape index (κ3) is 2.94. The minimum Gasteiger partial charge on any atom is -0.478 e. The summed E-state index contributed by atoms with van der Waals surface area (Å²) < 4.78 is 5.77. The number of rotatable bonds is 3. The topological polar surface area (TPSA) is 63.6 Å². The summed E-state index contributed by atoms with van der Waals surface area (Å²) in [6.45, 7) is 6.15. The molecule has 1 N–H and O–H groups in total. The van der Waals surface area contributed by atoms with E-state index in [2.05, 4.69) is 13.8 Å². The van der Waals surface area contributed by atoms with Crippen molar-refractivity contribution in [3.63, 3.8) is 0 Å². The SMILES string of the molecule is CC1(C)CCCCC1(C)OC(=O)c1ccccc1C(=O)O. The van der Waals surface area contributed by atoms with Crippen molar-refractivity contribution >= 4 is 11.9 Å². The molecule has 1 aliphatic carbocycles. The molecule has 0 heterocycles. The van der Waals surface area contributed by atoms with Crippen LogP contribution in [0.25, 0.3) is 0 Å². The Bertz CT molecular complexity index is 562. The highest BCUT2D eigenvalue weighted by Crippen LogP contribution is 2.46. The van der Waals surface area contributed by atoms with Crippen LogP contribution in [0.4, 0.5) is 0 Å². The Balaban J connectivity index is 2.28. The van der Waals surface area contributed by atoms with Crippen LogP contribution in [0.2, 0.25) is 0 Å². The molecule has 4 heteroatoms. The summed E-state index contributed by atoms with van der Waals surface area (Å²) in [7, 11) is 0. The molecule has 1 atom stereocenters. The Labute approximate surface area is 125 Å². The van der Waals surface area contributed by atoms with Gasteiger partial charge in [-0.1, -0.05) is 32.4 Å². The number of benzene rings is 1. The van der Waals surface area contributed by atoms with E-state index in [1.165, 1.54) is 12.1 Å². The van der Waals surface area contributed by atoms with Crippen molar-refractivity contribution in [1.82, 2.24) is 0 Å². The van der Waals surface area contributed by atoms with E-state index < -0.39 is 17.5 Å². The molecule has 1 unspecified atom stereocenters. The fraction of sp³-hybridized carbons (Fsp3) is 0.529. The van der Waals surface area contributed by atoms with Crippen molar-refractivity contribution in [3.8, 4) is 0 Å². The molecule has 21 heavy (non-hydrogen) atoms. The molecule has 0 bridgehead atoms. The number of carbonyl (C=O) groups is 2. The molecule has 1 saturated carbocycles. The lowest BCUT2D eigenvalue weighted by atomic mass is 9.66. The molecule has 0 amide bonds. The molecular weight excluding hydrogens is 268 g/mol. The van der Waals surface area contributed by atoms with Gasteiger partial charge in [-0.2, -0.15) is 0 Å². The largest absolute Gasteiger partial charge is 0.478 e. The third-order valence-corrected chi connectivity index (χ3v) is 4.83. The van der Waals surface area contributed by atoms with Crippen molar-refractivity contribution in [2.24, 2.45) is 5.41 Å². The van der Waals surface area contributed by atoms with Crippen molar-refractivity contribution in [2.75, 3.05) is 0 Å². The van der Waals surface area contributed by atoms with Gasteiger partial charge in [0.1, 0.15) is 5.60 Å². The average Bonchev–Trinajstić information content (AvgIpc) is 2.42. The molecule has 1 aromatic carbocycles. The van der Waals surface area contributed by atoms with Crippen LogP contribution in [0.1, 0.15) is 67.2 Å². The van der Waals surface area contributed by atoms with Crippen molar-refractivity contribution in [1.29, 1.82) is 0 Å². The smallest absolute Gasteiger partial charge is 0.339 e. The van der Waals surface area contributed by atoms with Crippen LogP contribution in [0, 0.1) is 5.41 Å². The van der Waals surface area contributed by atoms with Gasteiger partial charge in [-0.3, -0.25) is 0 Å². The number of carboxylic acids is 1. The zero-order chi connectivity index (χ0) is 15.7. The molecule has 0 spiro atoms. The number of aromatic carboxylic acids is 1. The van der Waals surface area contributed by atoms with Gasteiger partial charge < -0.3 is 9.84 Å². The lowest BCUT2D eigenvalue weighted by Crippen LogP contribution is -2.48. The maximum Gasteiger partial charge on any atom is 0.339 e. The van der Waals surface area contributed by atoms with E-state index in [9.17, 15) is 14.7 Å². The molecule has 4 nitrogen and oxygen atoms in total. The monoisotopic (exact) mass is 290 g/mol. The predicted molar refractivity (Wildman–Crippen MR) is 79.5 cm³/mol. The fourth-order valence-electron chi connectivity index (χ4n) is 2.93. The third-order valence-electron chi connectivity index (χ3n) is 4.83. The van der Waals surface area contributed by atoms with Crippen LogP contribution in [-0.2, 0) is 4.74 Å². The number of esters is 1. The van der Waals surface area contributed by atoms with Gasteiger partial charge in [0.05, 0.1) is 11.1 Å². The lowest BCUT2D eigenvalue weighted by Gasteiger charge is -2.47. The van der Waals surface area contributed by atoms with Gasteiger partial charge in [0, 0.05) is 5.41 Å². The van der Waals surface area contributed by atoms with E-state index >= 15 is 0 Å². The van der Waals surface area contributed by atoms with E-state index in [1.807, 2.05) is 6.92 Å². The fourth-order valence-corrected chi connectivity index (χ4v) is 2.93. The van der Waals surface area contributed by atoms with Crippen LogP contribution in [0.15, 0.2) is 24.3 Å². The van der Waals surface area contributed by atoms with Crippen molar-refractivity contribution in [3.05, 3.63) is 35.4 Å². The first-order chi connectivity index (χ1) is 9.77. The molecule has 114 valence electrons. The molecule has 1 aromatic rings. The van der Waals surface area contributed by atoms with E-state index in [-0.39, 0.29) is 16.5 Å². The Morgan fingerprint density at radius 3 is 2.19 bits per heavy atom. The molecular formula is C17H22O4. The van der Waals surface area contributed by atoms with Crippen LogP contribution in [0.3, 0.4) is 0 Å². The molecule has 0 radical (unpaired) electrons. The molecule has 0 aromatic heterocycles. The minimum absolute atomic E-state index is 0.0142. The highest BCUT2D eigenvalue weighted by atomic mass is 16.6. The quantitative estimate of drug-likeness (QED) is 0.857. The van der Waals surface area contributed by atoms with Crippen LogP contribution >= 0.6 is 0 Å². The average molecular weight is 290 g/mol. The summed E-state index contributed by atoms with van der Waals surface area (Å²) in [6.07, 6.45) is 3.96. The van der Waals surface area contributed by atoms with Gasteiger partial charge in [-0.05, 0) is 38.3 Å². The van der Waals surface area contributed by atoms with Crippen LogP contribution in [-0.4, -0.2) is 22.6 Å². The van der Waals surface area contributed by atoms with Gasteiger partial charge in [-0.25, -0.2) is 9.59 Å². The van der Waals surface area contributed by atoms with E-state index in [1.54, 1.807) is 12.1 Å². The maximum atomic E-state index is 12.4. The summed E-state index contributed by atoms with van der Waals surface area (Å²) in [5, 5.41) is 9.18. The molecule has 0 saturated heterocycles. The predicted octanol–water partition coefficient (Wildman–Crippen LogP) is 3.90.